The maximum atomic E-state index is 10.9. The highest BCUT2D eigenvalue weighted by molar-refractivity contribution is 5.87. The van der Waals surface area contributed by atoms with Crippen LogP contribution in [0.3, 0.4) is 0 Å². The molecule has 0 aliphatic carbocycles. The first-order valence-electron chi connectivity index (χ1n) is 3.73. The van der Waals surface area contributed by atoms with E-state index in [0.717, 1.165) is 12.8 Å². The van der Waals surface area contributed by atoms with Gasteiger partial charge in [0.1, 0.15) is 0 Å². The Labute approximate surface area is 68.2 Å². The monoisotopic (exact) mass is 155 g/mol. The van der Waals surface area contributed by atoms with E-state index >= 15 is 0 Å². The quantitative estimate of drug-likeness (QED) is 0.459. The van der Waals surface area contributed by atoms with Crippen LogP contribution in [-0.2, 0) is 9.53 Å². The van der Waals surface area contributed by atoms with Crippen molar-refractivity contribution >= 4 is 5.97 Å². The Kier molecular flexibility index (Phi) is 4.59. The van der Waals surface area contributed by atoms with Gasteiger partial charge in [-0.1, -0.05) is 13.5 Å². The molecule has 0 saturated carbocycles. The molecule has 0 heterocycles. The highest BCUT2D eigenvalue weighted by Gasteiger charge is 2.07. The Morgan fingerprint density at radius 3 is 2.55 bits per heavy atom. The number of hydrogen-bond donors (Lipinski definition) is 0. The molecule has 0 aliphatic heterocycles. The molecule has 1 radical (unpaired) electrons. The normalized spacial score (nSPS) is 12.3. The molecule has 0 rings (SSSR count). The molecule has 1 unspecified atom stereocenters. The summed E-state index contributed by atoms with van der Waals surface area (Å²) in [6, 6.07) is 0. The maximum Gasteiger partial charge on any atom is 0.333 e. The molecule has 0 aromatic carbocycles. The number of hydrogen-bond acceptors (Lipinski definition) is 2. The summed E-state index contributed by atoms with van der Waals surface area (Å²) < 4.78 is 4.97. The van der Waals surface area contributed by atoms with Gasteiger partial charge in [-0.3, -0.25) is 0 Å². The summed E-state index contributed by atoms with van der Waals surface area (Å²) in [5.41, 5.74) is 0.445. The molecular formula is C9H15O2. The highest BCUT2D eigenvalue weighted by atomic mass is 16.5. The molecule has 0 fully saturated rings. The second kappa shape index (κ2) is 4.94. The zero-order chi connectivity index (χ0) is 8.85. The van der Waals surface area contributed by atoms with Crippen LogP contribution in [0, 0.1) is 6.92 Å². The van der Waals surface area contributed by atoms with Crippen LogP contribution >= 0.6 is 0 Å². The van der Waals surface area contributed by atoms with Crippen molar-refractivity contribution in [2.45, 2.75) is 32.8 Å². The number of carbonyl (C=O) groups excluding carboxylic acids is 1. The summed E-state index contributed by atoms with van der Waals surface area (Å²) in [5, 5.41) is 0. The lowest BCUT2D eigenvalue weighted by Gasteiger charge is -2.11. The second-order valence-corrected chi connectivity index (χ2v) is 2.64. The lowest BCUT2D eigenvalue weighted by molar-refractivity contribution is -0.143. The fourth-order valence-electron chi connectivity index (χ4n) is 0.630. The first-order chi connectivity index (χ1) is 5.07. The Morgan fingerprint density at radius 1 is 1.64 bits per heavy atom. The molecule has 0 spiro atoms. The Morgan fingerprint density at radius 2 is 2.18 bits per heavy atom. The third-order valence-electron chi connectivity index (χ3n) is 1.27. The van der Waals surface area contributed by atoms with Gasteiger partial charge in [0.25, 0.3) is 0 Å². The van der Waals surface area contributed by atoms with E-state index in [1.807, 2.05) is 6.92 Å². The van der Waals surface area contributed by atoms with Crippen LogP contribution in [0.5, 0.6) is 0 Å². The summed E-state index contributed by atoms with van der Waals surface area (Å²) in [5.74, 6) is -0.314. The fraction of sp³-hybridized carbons (Fsp3) is 0.556. The Hall–Kier alpha value is -0.790. The third-order valence-corrected chi connectivity index (χ3v) is 1.27. The third kappa shape index (κ3) is 4.59. The topological polar surface area (TPSA) is 26.3 Å². The van der Waals surface area contributed by atoms with Crippen molar-refractivity contribution in [3.63, 3.8) is 0 Å². The summed E-state index contributed by atoms with van der Waals surface area (Å²) in [7, 11) is 0. The minimum atomic E-state index is -0.314. The Bertz CT molecular complexity index is 150. The van der Waals surface area contributed by atoms with Gasteiger partial charge < -0.3 is 4.74 Å². The van der Waals surface area contributed by atoms with Gasteiger partial charge in [-0.15, -0.1) is 0 Å². The summed E-state index contributed by atoms with van der Waals surface area (Å²) in [6.45, 7) is 10.6. The van der Waals surface area contributed by atoms with Crippen molar-refractivity contribution in [3.05, 3.63) is 19.1 Å². The first-order valence-corrected chi connectivity index (χ1v) is 3.73. The molecular weight excluding hydrogens is 140 g/mol. The van der Waals surface area contributed by atoms with Crippen LogP contribution in [-0.4, -0.2) is 12.1 Å². The second-order valence-electron chi connectivity index (χ2n) is 2.64. The fourth-order valence-corrected chi connectivity index (χ4v) is 0.630. The van der Waals surface area contributed by atoms with Crippen LogP contribution in [0.25, 0.3) is 0 Å². The molecule has 63 valence electrons. The Balaban J connectivity index is 3.66. The first kappa shape index (κ1) is 10.2. The van der Waals surface area contributed by atoms with Crippen LogP contribution < -0.4 is 0 Å². The minimum Gasteiger partial charge on any atom is -0.459 e. The van der Waals surface area contributed by atoms with E-state index in [-0.39, 0.29) is 12.1 Å². The van der Waals surface area contributed by atoms with Crippen molar-refractivity contribution < 1.29 is 9.53 Å². The van der Waals surface area contributed by atoms with E-state index in [2.05, 4.69) is 13.5 Å². The van der Waals surface area contributed by atoms with Crippen molar-refractivity contribution in [1.82, 2.24) is 0 Å². The summed E-state index contributed by atoms with van der Waals surface area (Å²) in [6.07, 6.45) is 1.54. The largest absolute Gasteiger partial charge is 0.459 e. The number of rotatable bonds is 4. The van der Waals surface area contributed by atoms with E-state index < -0.39 is 0 Å². The van der Waals surface area contributed by atoms with Crippen molar-refractivity contribution in [3.8, 4) is 0 Å². The van der Waals surface area contributed by atoms with Gasteiger partial charge in [0.05, 0.1) is 6.10 Å². The predicted molar refractivity (Wildman–Crippen MR) is 45.0 cm³/mol. The van der Waals surface area contributed by atoms with Gasteiger partial charge in [-0.25, -0.2) is 4.79 Å². The van der Waals surface area contributed by atoms with Crippen molar-refractivity contribution in [1.29, 1.82) is 0 Å². The lowest BCUT2D eigenvalue weighted by Crippen LogP contribution is -2.14. The molecule has 0 bridgehead atoms. The minimum absolute atomic E-state index is 0.0447. The predicted octanol–water partition coefficient (Wildman–Crippen LogP) is 2.11. The van der Waals surface area contributed by atoms with Gasteiger partial charge >= 0.3 is 5.97 Å². The van der Waals surface area contributed by atoms with E-state index in [1.165, 1.54) is 0 Å². The molecule has 11 heavy (non-hydrogen) atoms. The lowest BCUT2D eigenvalue weighted by atomic mass is 10.2. The van der Waals surface area contributed by atoms with Gasteiger partial charge in [-0.2, -0.15) is 0 Å². The molecule has 2 nitrogen and oxygen atoms in total. The molecule has 0 amide bonds. The molecule has 0 aromatic heterocycles. The summed E-state index contributed by atoms with van der Waals surface area (Å²) >= 11 is 0. The van der Waals surface area contributed by atoms with Crippen molar-refractivity contribution in [2.24, 2.45) is 0 Å². The van der Waals surface area contributed by atoms with Crippen LogP contribution in [0.4, 0.5) is 0 Å². The molecule has 1 atom stereocenters. The maximum absolute atomic E-state index is 10.9. The van der Waals surface area contributed by atoms with Gasteiger partial charge in [0.15, 0.2) is 0 Å². The molecule has 0 saturated heterocycles. The molecule has 0 aromatic rings. The smallest absolute Gasteiger partial charge is 0.333 e. The average molecular weight is 155 g/mol. The standard InChI is InChI=1S/C9H15O2/c1-5-6-8(4)11-9(10)7(2)3/h8H,1-2,5-6H2,3-4H3. The number of carbonyl (C=O) groups is 1. The SMILES string of the molecule is [CH2]CCC(C)OC(=O)C(=C)C. The summed E-state index contributed by atoms with van der Waals surface area (Å²) in [4.78, 5) is 10.9. The van der Waals surface area contributed by atoms with Gasteiger partial charge in [0.2, 0.25) is 0 Å². The van der Waals surface area contributed by atoms with Crippen molar-refractivity contribution in [2.75, 3.05) is 0 Å². The molecule has 0 aliphatic rings. The van der Waals surface area contributed by atoms with E-state index in [0.29, 0.717) is 5.57 Å². The van der Waals surface area contributed by atoms with Crippen LogP contribution in [0.1, 0.15) is 26.7 Å². The highest BCUT2D eigenvalue weighted by Crippen LogP contribution is 2.03. The van der Waals surface area contributed by atoms with E-state index in [1.54, 1.807) is 6.92 Å². The number of esters is 1. The van der Waals surface area contributed by atoms with Gasteiger partial charge in [-0.05, 0) is 26.7 Å². The van der Waals surface area contributed by atoms with Gasteiger partial charge in [0, 0.05) is 5.57 Å². The average Bonchev–Trinajstić information content (AvgIpc) is 1.87. The number of ether oxygens (including phenoxy) is 1. The van der Waals surface area contributed by atoms with E-state index in [4.69, 9.17) is 4.74 Å². The molecule has 0 N–H and O–H groups in total. The van der Waals surface area contributed by atoms with Crippen LogP contribution in [0.2, 0.25) is 0 Å². The molecule has 2 heteroatoms. The zero-order valence-electron chi connectivity index (χ0n) is 7.22. The zero-order valence-corrected chi connectivity index (χ0v) is 7.22. The van der Waals surface area contributed by atoms with E-state index in [9.17, 15) is 4.79 Å². The van der Waals surface area contributed by atoms with Crippen LogP contribution in [0.15, 0.2) is 12.2 Å².